The maximum Gasteiger partial charge on any atom is 0.282 e. The topological polar surface area (TPSA) is 89.1 Å². The number of hydrogen-bond acceptors (Lipinski definition) is 4. The minimum absolute atomic E-state index is 0.0280. The molecule has 1 fully saturated rings. The van der Waals surface area contributed by atoms with Crippen molar-refractivity contribution in [1.82, 2.24) is 0 Å². The number of amides is 2. The van der Waals surface area contributed by atoms with E-state index in [-0.39, 0.29) is 11.9 Å². The van der Waals surface area contributed by atoms with Gasteiger partial charge in [0.15, 0.2) is 6.04 Å². The zero-order valence-corrected chi connectivity index (χ0v) is 16.3. The Morgan fingerprint density at radius 2 is 1.68 bits per heavy atom. The molecule has 7 nitrogen and oxygen atoms in total. The summed E-state index contributed by atoms with van der Waals surface area (Å²) >= 11 is 0. The first kappa shape index (κ1) is 19.7. The minimum Gasteiger partial charge on any atom is -0.497 e. The quantitative estimate of drug-likeness (QED) is 0.679. The van der Waals surface area contributed by atoms with E-state index in [1.54, 1.807) is 31.4 Å². The number of piperazine rings is 1. The van der Waals surface area contributed by atoms with Crippen LogP contribution in [0.5, 0.6) is 5.75 Å². The summed E-state index contributed by atoms with van der Waals surface area (Å²) in [6.07, 6.45) is 0. The molecule has 1 aliphatic heterocycles. The number of nitrogens with zero attached hydrogens (tertiary/aromatic N) is 1. The molecular formula is C21H27N4O3+. The minimum atomic E-state index is -0.481. The first-order chi connectivity index (χ1) is 13.5. The normalized spacial score (nSPS) is 15.7. The van der Waals surface area contributed by atoms with Gasteiger partial charge in [0.1, 0.15) is 5.75 Å². The molecule has 1 saturated heterocycles. The molecule has 4 N–H and O–H groups in total. The van der Waals surface area contributed by atoms with Crippen molar-refractivity contribution < 1.29 is 19.2 Å². The van der Waals surface area contributed by atoms with Crippen LogP contribution in [0.4, 0.5) is 11.4 Å². The van der Waals surface area contributed by atoms with Gasteiger partial charge in [0.25, 0.3) is 5.91 Å². The Kier molecular flexibility index (Phi) is 6.16. The van der Waals surface area contributed by atoms with Gasteiger partial charge >= 0.3 is 0 Å². The highest BCUT2D eigenvalue weighted by atomic mass is 16.5. The number of primary amides is 1. The highest BCUT2D eigenvalue weighted by Gasteiger charge is 2.29. The fourth-order valence-electron chi connectivity index (χ4n) is 3.43. The third kappa shape index (κ3) is 4.61. The summed E-state index contributed by atoms with van der Waals surface area (Å²) < 4.78 is 5.21. The molecule has 0 aromatic heterocycles. The molecule has 2 aromatic rings. The van der Waals surface area contributed by atoms with Crippen LogP contribution in [0, 0.1) is 0 Å². The van der Waals surface area contributed by atoms with Crippen molar-refractivity contribution in [2.75, 3.05) is 43.5 Å². The van der Waals surface area contributed by atoms with E-state index in [0.29, 0.717) is 11.3 Å². The lowest BCUT2D eigenvalue weighted by Gasteiger charge is -2.36. The second-order valence-corrected chi connectivity index (χ2v) is 7.00. The molecule has 0 spiro atoms. The molecule has 2 amide bonds. The van der Waals surface area contributed by atoms with E-state index in [9.17, 15) is 9.59 Å². The third-order valence-electron chi connectivity index (χ3n) is 5.29. The van der Waals surface area contributed by atoms with Gasteiger partial charge in [-0.25, -0.2) is 0 Å². The van der Waals surface area contributed by atoms with Crippen molar-refractivity contribution in [1.29, 1.82) is 0 Å². The summed E-state index contributed by atoms with van der Waals surface area (Å²) in [5.41, 5.74) is 7.50. The molecule has 0 unspecified atom stereocenters. The highest BCUT2D eigenvalue weighted by molar-refractivity contribution is 5.95. The summed E-state index contributed by atoms with van der Waals surface area (Å²) in [6, 6.07) is 14.5. The highest BCUT2D eigenvalue weighted by Crippen LogP contribution is 2.19. The second-order valence-electron chi connectivity index (χ2n) is 7.00. The van der Waals surface area contributed by atoms with Gasteiger partial charge in [-0.2, -0.15) is 0 Å². The molecule has 2 aromatic carbocycles. The van der Waals surface area contributed by atoms with Gasteiger partial charge in [0, 0.05) is 16.9 Å². The molecule has 0 bridgehead atoms. The molecule has 1 aliphatic rings. The van der Waals surface area contributed by atoms with Gasteiger partial charge in [-0.15, -0.1) is 0 Å². The second kappa shape index (κ2) is 8.75. The molecule has 0 aliphatic carbocycles. The number of nitrogens with one attached hydrogen (secondary N) is 2. The van der Waals surface area contributed by atoms with Crippen LogP contribution < -0.4 is 25.6 Å². The molecule has 1 atom stereocenters. The van der Waals surface area contributed by atoms with Crippen LogP contribution in [0.1, 0.15) is 17.3 Å². The van der Waals surface area contributed by atoms with Crippen LogP contribution in [-0.4, -0.2) is 51.1 Å². The Morgan fingerprint density at radius 3 is 2.21 bits per heavy atom. The lowest BCUT2D eigenvalue weighted by Crippen LogP contribution is -3.19. The number of rotatable bonds is 6. The number of carbonyl (C=O) groups excluding carboxylic acids is 2. The van der Waals surface area contributed by atoms with Gasteiger partial charge < -0.3 is 25.6 Å². The van der Waals surface area contributed by atoms with E-state index >= 15 is 0 Å². The SMILES string of the molecule is COc1ccc(N2CC[NH+]([C@H](C)C(=O)Nc3ccc(C(N)=O)cc3)CC2)cc1. The van der Waals surface area contributed by atoms with Crippen molar-refractivity contribution in [3.05, 3.63) is 54.1 Å². The lowest BCUT2D eigenvalue weighted by molar-refractivity contribution is -0.914. The Hall–Kier alpha value is -3.06. The van der Waals surface area contributed by atoms with Gasteiger partial charge in [0.05, 0.1) is 33.3 Å². The van der Waals surface area contributed by atoms with Crippen molar-refractivity contribution >= 4 is 23.2 Å². The monoisotopic (exact) mass is 383 g/mol. The first-order valence-electron chi connectivity index (χ1n) is 9.42. The number of ether oxygens (including phenoxy) is 1. The smallest absolute Gasteiger partial charge is 0.282 e. The molecular weight excluding hydrogens is 356 g/mol. The van der Waals surface area contributed by atoms with Crippen LogP contribution >= 0.6 is 0 Å². The zero-order valence-electron chi connectivity index (χ0n) is 16.3. The molecule has 0 saturated carbocycles. The largest absolute Gasteiger partial charge is 0.497 e. The van der Waals surface area contributed by atoms with Gasteiger partial charge in [0.2, 0.25) is 5.91 Å². The molecule has 7 heteroatoms. The van der Waals surface area contributed by atoms with Crippen molar-refractivity contribution in [2.45, 2.75) is 13.0 Å². The fraction of sp³-hybridized carbons (Fsp3) is 0.333. The predicted molar refractivity (Wildman–Crippen MR) is 109 cm³/mol. The summed E-state index contributed by atoms with van der Waals surface area (Å²) in [4.78, 5) is 27.3. The van der Waals surface area contributed by atoms with E-state index in [2.05, 4.69) is 22.3 Å². The number of hydrogen-bond donors (Lipinski definition) is 3. The van der Waals surface area contributed by atoms with Crippen LogP contribution in [0.2, 0.25) is 0 Å². The van der Waals surface area contributed by atoms with E-state index < -0.39 is 5.91 Å². The maximum atomic E-state index is 12.6. The van der Waals surface area contributed by atoms with Crippen LogP contribution in [0.15, 0.2) is 48.5 Å². The molecule has 3 rings (SSSR count). The maximum absolute atomic E-state index is 12.6. The van der Waals surface area contributed by atoms with E-state index in [1.165, 1.54) is 10.6 Å². The van der Waals surface area contributed by atoms with Crippen molar-refractivity contribution in [3.8, 4) is 5.75 Å². The van der Waals surface area contributed by atoms with Gasteiger partial charge in [-0.1, -0.05) is 0 Å². The molecule has 28 heavy (non-hydrogen) atoms. The van der Waals surface area contributed by atoms with Crippen LogP contribution in [0.3, 0.4) is 0 Å². The number of carbonyl (C=O) groups is 2. The third-order valence-corrected chi connectivity index (χ3v) is 5.29. The number of benzene rings is 2. The Balaban J connectivity index is 1.52. The Labute approximate surface area is 165 Å². The number of quaternary nitrogens is 1. The number of methoxy groups -OCH3 is 1. The lowest BCUT2D eigenvalue weighted by atomic mass is 10.1. The summed E-state index contributed by atoms with van der Waals surface area (Å²) in [7, 11) is 1.66. The average molecular weight is 383 g/mol. The first-order valence-corrected chi connectivity index (χ1v) is 9.42. The molecule has 148 valence electrons. The van der Waals surface area contributed by atoms with E-state index in [4.69, 9.17) is 10.5 Å². The average Bonchev–Trinajstić information content (AvgIpc) is 2.73. The number of nitrogens with two attached hydrogens (primary N) is 1. The predicted octanol–water partition coefficient (Wildman–Crippen LogP) is 0.526. The Morgan fingerprint density at radius 1 is 1.07 bits per heavy atom. The summed E-state index contributed by atoms with van der Waals surface area (Å²) in [5, 5.41) is 2.92. The van der Waals surface area contributed by atoms with Crippen LogP contribution in [-0.2, 0) is 4.79 Å². The molecule has 1 heterocycles. The standard InChI is InChI=1S/C21H26N4O3/c1-15(21(27)23-17-5-3-16(4-6-17)20(22)26)24-11-13-25(14-12-24)18-7-9-19(28-2)10-8-18/h3-10,15H,11-14H2,1-2H3,(H2,22,26)(H,23,27)/p+1/t15-/m1/s1. The van der Waals surface area contributed by atoms with Crippen molar-refractivity contribution in [2.24, 2.45) is 5.73 Å². The van der Waals surface area contributed by atoms with Gasteiger partial charge in [-0.05, 0) is 55.5 Å². The molecule has 0 radical (unpaired) electrons. The Bertz CT molecular complexity index is 813. The number of anilines is 2. The van der Waals surface area contributed by atoms with E-state index in [0.717, 1.165) is 31.9 Å². The summed E-state index contributed by atoms with van der Waals surface area (Å²) in [6.45, 7) is 5.52. The fourth-order valence-corrected chi connectivity index (χ4v) is 3.43. The summed E-state index contributed by atoms with van der Waals surface area (Å²) in [5.74, 6) is 0.340. The van der Waals surface area contributed by atoms with E-state index in [1.807, 2.05) is 19.1 Å². The zero-order chi connectivity index (χ0) is 20.1. The van der Waals surface area contributed by atoms with Gasteiger partial charge in [-0.3, -0.25) is 9.59 Å². The van der Waals surface area contributed by atoms with Crippen LogP contribution in [0.25, 0.3) is 0 Å². The van der Waals surface area contributed by atoms with Crippen molar-refractivity contribution in [3.63, 3.8) is 0 Å².